The Morgan fingerprint density at radius 2 is 1.83 bits per heavy atom. The molecule has 0 amide bonds. The number of nitrogens with zero attached hydrogens (tertiary/aromatic N) is 1. The van der Waals surface area contributed by atoms with Gasteiger partial charge in [-0.3, -0.25) is 0 Å². The second kappa shape index (κ2) is 5.01. The van der Waals surface area contributed by atoms with Crippen molar-refractivity contribution in [1.82, 2.24) is 0 Å². The van der Waals surface area contributed by atoms with Gasteiger partial charge in [-0.15, -0.1) is 3.77 Å². The minimum Gasteiger partial charge on any atom is -0.249 e. The first-order valence-corrected chi connectivity index (χ1v) is 9.37. The zero-order chi connectivity index (χ0) is 13.2. The van der Waals surface area contributed by atoms with Crippen molar-refractivity contribution in [3.8, 4) is 0 Å². The molecule has 1 saturated heterocycles. The van der Waals surface area contributed by atoms with Gasteiger partial charge < -0.3 is 0 Å². The Morgan fingerprint density at radius 1 is 1.22 bits per heavy atom. The Bertz CT molecular complexity index is 644. The van der Waals surface area contributed by atoms with Crippen LogP contribution in [0, 0.1) is 6.92 Å². The van der Waals surface area contributed by atoms with Crippen LogP contribution in [-0.2, 0) is 25.5 Å². The highest BCUT2D eigenvalue weighted by atomic mass is 32.3. The summed E-state index contributed by atoms with van der Waals surface area (Å²) in [6, 6.07) is 7.29. The molecule has 0 radical (unpaired) electrons. The summed E-state index contributed by atoms with van der Waals surface area (Å²) in [7, 11) is -6.16. The summed E-state index contributed by atoms with van der Waals surface area (Å²) in [6.07, 6.45) is 1.62. The molecule has 2 rings (SSSR count). The molecule has 18 heavy (non-hydrogen) atoms. The predicted octanol–water partition coefficient (Wildman–Crippen LogP) is 2.09. The third-order valence-corrected chi connectivity index (χ3v) is 7.55. The first-order valence-electron chi connectivity index (χ1n) is 5.91. The van der Waals surface area contributed by atoms with Crippen molar-refractivity contribution in [2.45, 2.75) is 25.5 Å². The monoisotopic (exact) mass is 287 g/mol. The van der Waals surface area contributed by atoms with Crippen LogP contribution in [0.1, 0.15) is 24.0 Å². The molecule has 1 aliphatic rings. The number of benzene rings is 1. The van der Waals surface area contributed by atoms with E-state index in [2.05, 4.69) is 3.77 Å². The van der Waals surface area contributed by atoms with Gasteiger partial charge in [0.05, 0.1) is 15.5 Å². The van der Waals surface area contributed by atoms with E-state index >= 15 is 0 Å². The van der Waals surface area contributed by atoms with Crippen molar-refractivity contribution in [3.63, 3.8) is 0 Å². The molecule has 1 fully saturated rings. The number of hydrogen-bond donors (Lipinski definition) is 0. The van der Waals surface area contributed by atoms with Crippen molar-refractivity contribution in [1.29, 1.82) is 0 Å². The minimum atomic E-state index is -3.65. The lowest BCUT2D eigenvalue weighted by Crippen LogP contribution is -2.09. The van der Waals surface area contributed by atoms with Gasteiger partial charge in [0.15, 0.2) is 0 Å². The first-order chi connectivity index (χ1) is 8.40. The molecule has 1 heterocycles. The molecule has 1 aromatic rings. The van der Waals surface area contributed by atoms with Crippen LogP contribution in [0.3, 0.4) is 0 Å². The summed E-state index contributed by atoms with van der Waals surface area (Å²) in [6.45, 7) is 1.86. The van der Waals surface area contributed by atoms with E-state index in [0.717, 1.165) is 24.0 Å². The molecule has 0 N–H and O–H groups in total. The highest BCUT2D eigenvalue weighted by Gasteiger charge is 2.21. The molecule has 4 nitrogen and oxygen atoms in total. The fourth-order valence-electron chi connectivity index (χ4n) is 2.03. The van der Waals surface area contributed by atoms with Gasteiger partial charge in [-0.05, 0) is 30.9 Å². The average molecular weight is 287 g/mol. The van der Waals surface area contributed by atoms with Gasteiger partial charge in [0, 0.05) is 11.5 Å². The summed E-state index contributed by atoms with van der Waals surface area (Å²) in [5, 5.41) is 0. The normalized spacial score (nSPS) is 18.7. The fraction of sp³-hybridized carbons (Fsp3) is 0.500. The lowest BCUT2D eigenvalue weighted by atomic mass is 10.1. The largest absolute Gasteiger partial charge is 0.265 e. The molecule has 0 aromatic heterocycles. The van der Waals surface area contributed by atoms with E-state index in [1.807, 2.05) is 19.1 Å². The Balaban J connectivity index is 2.29. The van der Waals surface area contributed by atoms with E-state index in [4.69, 9.17) is 0 Å². The van der Waals surface area contributed by atoms with E-state index in [9.17, 15) is 12.6 Å². The highest BCUT2D eigenvalue weighted by Crippen LogP contribution is 2.18. The number of rotatable bonds is 3. The van der Waals surface area contributed by atoms with Crippen LogP contribution >= 0.6 is 0 Å². The van der Waals surface area contributed by atoms with Crippen LogP contribution in [0.4, 0.5) is 0 Å². The molecule has 0 aliphatic carbocycles. The predicted molar refractivity (Wildman–Crippen MR) is 73.3 cm³/mol. The first kappa shape index (κ1) is 13.5. The molecule has 1 aliphatic heterocycles. The number of sulfonamides is 1. The van der Waals surface area contributed by atoms with Crippen LogP contribution in [0.5, 0.6) is 0 Å². The standard InChI is InChI=1S/C12H17NO3S2/c1-11-6-2-3-7-12(11)10-18(15,16)13-17(14)8-4-5-9-17/h2-3,6-7H,4-5,8-10H2,1H3. The second-order valence-corrected chi connectivity index (χ2v) is 9.03. The Kier molecular flexibility index (Phi) is 3.77. The molecule has 0 atom stereocenters. The molecule has 0 bridgehead atoms. The average Bonchev–Trinajstić information content (AvgIpc) is 2.67. The molecule has 100 valence electrons. The maximum atomic E-state index is 12.1. The van der Waals surface area contributed by atoms with Gasteiger partial charge in [-0.1, -0.05) is 24.3 Å². The van der Waals surface area contributed by atoms with Gasteiger partial charge in [0.25, 0.3) is 10.0 Å². The van der Waals surface area contributed by atoms with Crippen LogP contribution in [-0.4, -0.2) is 24.1 Å². The molecule has 0 spiro atoms. The molecular formula is C12H17NO3S2. The zero-order valence-electron chi connectivity index (χ0n) is 10.3. The quantitative estimate of drug-likeness (QED) is 0.855. The maximum Gasteiger partial charge on any atom is 0.265 e. The van der Waals surface area contributed by atoms with Gasteiger partial charge in [0.1, 0.15) is 0 Å². The van der Waals surface area contributed by atoms with Gasteiger partial charge >= 0.3 is 0 Å². The van der Waals surface area contributed by atoms with E-state index in [1.54, 1.807) is 12.1 Å². The summed E-state index contributed by atoms with van der Waals surface area (Å²) in [4.78, 5) is 0. The zero-order valence-corrected chi connectivity index (χ0v) is 12.0. The van der Waals surface area contributed by atoms with Crippen LogP contribution in [0.15, 0.2) is 28.0 Å². The Hall–Kier alpha value is -0.880. The summed E-state index contributed by atoms with van der Waals surface area (Å²) in [5.74, 6) is 0.677. The molecule has 6 heteroatoms. The van der Waals surface area contributed by atoms with Crippen LogP contribution in [0.25, 0.3) is 0 Å². The van der Waals surface area contributed by atoms with Crippen molar-refractivity contribution in [3.05, 3.63) is 35.4 Å². The minimum absolute atomic E-state index is 0.156. The van der Waals surface area contributed by atoms with E-state index in [-0.39, 0.29) is 5.75 Å². The van der Waals surface area contributed by atoms with Crippen molar-refractivity contribution < 1.29 is 12.6 Å². The Labute approximate surface area is 109 Å². The van der Waals surface area contributed by atoms with E-state index in [1.165, 1.54) is 0 Å². The molecule has 1 aromatic carbocycles. The second-order valence-electron chi connectivity index (χ2n) is 4.62. The lowest BCUT2D eigenvalue weighted by molar-refractivity contribution is 0.597. The maximum absolute atomic E-state index is 12.1. The lowest BCUT2D eigenvalue weighted by Gasteiger charge is -2.05. The SMILES string of the molecule is Cc1ccccc1CS(=O)(=O)N=S1(=O)CCCC1. The van der Waals surface area contributed by atoms with Crippen molar-refractivity contribution in [2.24, 2.45) is 3.77 Å². The van der Waals surface area contributed by atoms with Crippen molar-refractivity contribution in [2.75, 3.05) is 11.5 Å². The summed E-state index contributed by atoms with van der Waals surface area (Å²) in [5.41, 5.74) is 1.64. The third kappa shape index (κ3) is 3.32. The number of aryl methyl sites for hydroxylation is 1. The topological polar surface area (TPSA) is 63.6 Å². The summed E-state index contributed by atoms with van der Waals surface area (Å²) < 4.78 is 39.7. The fourth-order valence-corrected chi connectivity index (χ4v) is 6.73. The van der Waals surface area contributed by atoms with Gasteiger partial charge in [-0.2, -0.15) is 0 Å². The smallest absolute Gasteiger partial charge is 0.249 e. The van der Waals surface area contributed by atoms with E-state index < -0.39 is 19.8 Å². The molecule has 0 unspecified atom stereocenters. The summed E-state index contributed by atoms with van der Waals surface area (Å²) >= 11 is 0. The van der Waals surface area contributed by atoms with Gasteiger partial charge in [0.2, 0.25) is 0 Å². The van der Waals surface area contributed by atoms with Crippen molar-refractivity contribution >= 4 is 19.8 Å². The molecule has 0 saturated carbocycles. The van der Waals surface area contributed by atoms with Crippen LogP contribution < -0.4 is 0 Å². The number of hydrogen-bond acceptors (Lipinski definition) is 3. The van der Waals surface area contributed by atoms with E-state index in [0.29, 0.717) is 11.5 Å². The van der Waals surface area contributed by atoms with Gasteiger partial charge in [-0.25, -0.2) is 12.6 Å². The third-order valence-electron chi connectivity index (χ3n) is 3.03. The molecular weight excluding hydrogens is 270 g/mol. The van der Waals surface area contributed by atoms with Crippen LogP contribution in [0.2, 0.25) is 0 Å². The highest BCUT2D eigenvalue weighted by molar-refractivity contribution is 8.03. The Morgan fingerprint density at radius 3 is 2.44 bits per heavy atom.